The molecule has 0 radical (unpaired) electrons. The Balaban J connectivity index is 0.000000134. The number of hydrogen-bond donors (Lipinski definition) is 0. The summed E-state index contributed by atoms with van der Waals surface area (Å²) >= 11 is 0. The largest absolute Gasteiger partial charge is 0.462 e. The minimum absolute atomic E-state index is 0.0103. The van der Waals surface area contributed by atoms with E-state index in [0.29, 0.717) is 129 Å². The van der Waals surface area contributed by atoms with Gasteiger partial charge in [-0.2, -0.15) is 29.9 Å². The zero-order chi connectivity index (χ0) is 82.8. The number of fused-ring (bicyclic) bond motifs is 6. The first-order chi connectivity index (χ1) is 58.7. The van der Waals surface area contributed by atoms with Gasteiger partial charge in [0.15, 0.2) is 0 Å². The van der Waals surface area contributed by atoms with Gasteiger partial charge in [-0.3, -0.25) is 14.4 Å². The molecule has 0 saturated carbocycles. The van der Waals surface area contributed by atoms with Gasteiger partial charge in [0.1, 0.15) is 61.3 Å². The van der Waals surface area contributed by atoms with Crippen LogP contribution in [0.1, 0.15) is 59.5 Å². The van der Waals surface area contributed by atoms with Crippen LogP contribution in [0.4, 0.5) is 34.6 Å². The number of pyridine rings is 1. The van der Waals surface area contributed by atoms with Crippen molar-refractivity contribution in [1.29, 1.82) is 0 Å². The Morgan fingerprint density at radius 2 is 0.908 bits per heavy atom. The van der Waals surface area contributed by atoms with Crippen LogP contribution < -0.4 is 43.6 Å². The molecule has 18 rings (SSSR count). The number of nitrogens with zero attached hydrogens (tertiary/aromatic N) is 21. The van der Waals surface area contributed by atoms with Gasteiger partial charge < -0.3 is 91.8 Å². The topological polar surface area (TPSA) is 217 Å². The molecule has 4 aromatic carbocycles. The first-order valence-corrected chi connectivity index (χ1v) is 42.4. The Morgan fingerprint density at radius 1 is 0.458 bits per heavy atom. The summed E-state index contributed by atoms with van der Waals surface area (Å²) in [6, 6.07) is 42.0. The average Bonchev–Trinajstić information content (AvgIpc) is 1.13. The second-order valence-electron chi connectivity index (χ2n) is 32.6. The highest BCUT2D eigenvalue weighted by molar-refractivity contribution is 5.96. The lowest BCUT2D eigenvalue weighted by Gasteiger charge is -2.41. The third kappa shape index (κ3) is 18.1. The van der Waals surface area contributed by atoms with Gasteiger partial charge in [-0.1, -0.05) is 98.6 Å². The summed E-state index contributed by atoms with van der Waals surface area (Å²) in [5.41, 5.74) is 9.98. The average molecular weight is 1620 g/mol. The van der Waals surface area contributed by atoms with Crippen molar-refractivity contribution in [2.45, 2.75) is 94.9 Å². The van der Waals surface area contributed by atoms with Crippen molar-refractivity contribution in [2.24, 2.45) is 0 Å². The maximum Gasteiger partial charge on any atom is 0.318 e. The van der Waals surface area contributed by atoms with Crippen LogP contribution in [0.15, 0.2) is 159 Å². The van der Waals surface area contributed by atoms with Crippen LogP contribution in [-0.2, 0) is 58.0 Å². The van der Waals surface area contributed by atoms with E-state index < -0.39 is 0 Å². The van der Waals surface area contributed by atoms with Gasteiger partial charge >= 0.3 is 18.0 Å². The number of anilines is 6. The molecule has 6 fully saturated rings. The number of morpholine rings is 1. The van der Waals surface area contributed by atoms with Crippen LogP contribution in [0.3, 0.4) is 0 Å². The highest BCUT2D eigenvalue weighted by atomic mass is 16.5. The van der Waals surface area contributed by atoms with Crippen molar-refractivity contribution in [2.75, 3.05) is 201 Å². The number of ether oxygens (including phenoxy) is 4. The normalized spacial score (nSPS) is 20.8. The molecular weight excluding hydrogens is 1510 g/mol. The third-order valence-electron chi connectivity index (χ3n) is 25.2. The number of likely N-dealkylation sites (N-methyl/N-ethyl adjacent to an activating group) is 3. The lowest BCUT2D eigenvalue weighted by atomic mass is 10.0. The van der Waals surface area contributed by atoms with E-state index in [2.05, 4.69) is 221 Å². The quantitative estimate of drug-likeness (QED) is 0.0512. The molecule has 0 spiro atoms. The van der Waals surface area contributed by atoms with Crippen LogP contribution in [-0.4, -0.2) is 284 Å². The molecule has 28 heteroatoms. The molecule has 0 unspecified atom stereocenters. The zero-order valence-electron chi connectivity index (χ0n) is 69.4. The van der Waals surface area contributed by atoms with E-state index in [1.54, 1.807) is 9.80 Å². The highest BCUT2D eigenvalue weighted by Gasteiger charge is 2.39. The summed E-state index contributed by atoms with van der Waals surface area (Å²) in [5.74, 6) is 3.57. The van der Waals surface area contributed by atoms with Gasteiger partial charge in [-0.15, -0.1) is 0 Å². The zero-order valence-corrected chi connectivity index (χ0v) is 69.4. The Kier molecular flexibility index (Phi) is 25.6. The Hall–Kier alpha value is -12.0. The lowest BCUT2D eigenvalue weighted by Crippen LogP contribution is -2.56. The van der Waals surface area contributed by atoms with Crippen LogP contribution in [0.25, 0.3) is 36.8 Å². The van der Waals surface area contributed by atoms with Crippen molar-refractivity contribution in [3.05, 3.63) is 216 Å². The lowest BCUT2D eigenvalue weighted by molar-refractivity contribution is -0.129. The second kappa shape index (κ2) is 37.6. The van der Waals surface area contributed by atoms with Gasteiger partial charge in [0.25, 0.3) is 0 Å². The molecule has 0 N–H and O–H groups in total. The molecule has 3 amide bonds. The molecule has 14 heterocycles. The van der Waals surface area contributed by atoms with Gasteiger partial charge in [0.05, 0.1) is 43.3 Å². The van der Waals surface area contributed by atoms with Crippen LogP contribution >= 0.6 is 0 Å². The SMILES string of the molecule is C=CC(=O)N1CCN(c2nc(OC[C@@H]3CCCN3C)nc3c2CCN(c2cccc4cccn24)C3)CC1.[C-]#[N+]C[C@H]1CN(c2nc(OC[C@H]3CCCN3C)nc3c2CCN(c2cccc4ccccc24)C3)CCN1C(=O)C=C.[C-]#[N+]C[C@H]1CN(c2nc(OC[C@H]3CN(C)CCO3)nc3c2CCN(c2cccc4ccccc24)C3)CCN1C(=O)C=C. The van der Waals surface area contributed by atoms with Gasteiger partial charge in [0, 0.05) is 161 Å². The number of carbonyl (C=O) groups excluding carboxylic acids is 3. The first-order valence-electron chi connectivity index (χ1n) is 42.4. The van der Waals surface area contributed by atoms with Gasteiger partial charge in [-0.25, -0.2) is 13.1 Å². The minimum Gasteiger partial charge on any atom is -0.462 e. The molecule has 9 aliphatic heterocycles. The van der Waals surface area contributed by atoms with Crippen molar-refractivity contribution >= 4 is 79.4 Å². The molecule has 120 heavy (non-hydrogen) atoms. The van der Waals surface area contributed by atoms with Crippen molar-refractivity contribution in [3.63, 3.8) is 0 Å². The molecule has 28 nitrogen and oxygen atoms in total. The molecule has 0 bridgehead atoms. The summed E-state index contributed by atoms with van der Waals surface area (Å²) in [7, 11) is 6.38. The highest BCUT2D eigenvalue weighted by Crippen LogP contribution is 2.39. The van der Waals surface area contributed by atoms with Crippen LogP contribution in [0, 0.1) is 13.1 Å². The predicted octanol–water partition coefficient (Wildman–Crippen LogP) is 9.41. The monoisotopic (exact) mass is 1620 g/mol. The molecule has 9 aromatic rings. The Morgan fingerprint density at radius 3 is 1.39 bits per heavy atom. The molecule has 624 valence electrons. The van der Waals surface area contributed by atoms with E-state index in [9.17, 15) is 14.4 Å². The molecular formula is C92H109N21O7. The maximum absolute atomic E-state index is 12.5. The summed E-state index contributed by atoms with van der Waals surface area (Å²) in [5, 5.41) is 4.89. The molecule has 0 aliphatic carbocycles. The maximum atomic E-state index is 12.5. The van der Waals surface area contributed by atoms with Crippen molar-refractivity contribution in [1.82, 2.24) is 63.7 Å². The smallest absolute Gasteiger partial charge is 0.318 e. The fourth-order valence-electron chi connectivity index (χ4n) is 18.6. The number of rotatable bonds is 20. The van der Waals surface area contributed by atoms with E-state index in [4.69, 9.17) is 62.0 Å². The Bertz CT molecular complexity index is 5300. The third-order valence-corrected chi connectivity index (χ3v) is 25.2. The summed E-state index contributed by atoms with van der Waals surface area (Å²) in [4.78, 5) is 100. The van der Waals surface area contributed by atoms with Crippen LogP contribution in [0.2, 0.25) is 0 Å². The first kappa shape index (κ1) is 81.8. The number of aromatic nitrogens is 7. The molecule has 5 atom stereocenters. The van der Waals surface area contributed by atoms with Crippen LogP contribution in [0.5, 0.6) is 18.0 Å². The van der Waals surface area contributed by atoms with Gasteiger partial charge in [0.2, 0.25) is 30.8 Å². The molecule has 9 aliphatic rings. The molecule has 5 aromatic heterocycles. The number of amides is 3. The van der Waals surface area contributed by atoms with Gasteiger partial charge in [-0.05, 0) is 145 Å². The molecule has 6 saturated heterocycles. The fraction of sp³-hybridized carbons (Fsp3) is 0.446. The van der Waals surface area contributed by atoms with Crippen molar-refractivity contribution in [3.8, 4) is 18.0 Å². The number of hydrogen-bond acceptors (Lipinski definition) is 22. The second-order valence-corrected chi connectivity index (χ2v) is 32.6. The summed E-state index contributed by atoms with van der Waals surface area (Å²) in [6.07, 6.45) is 13.2. The minimum atomic E-state index is -0.237. The van der Waals surface area contributed by atoms with Crippen molar-refractivity contribution < 1.29 is 33.3 Å². The van der Waals surface area contributed by atoms with E-state index in [-0.39, 0.29) is 49.0 Å². The number of likely N-dealkylation sites (tertiary alicyclic amines) is 2. The fourth-order valence-corrected chi connectivity index (χ4v) is 18.6. The standard InChI is InChI=1S/C32H37N7O3.C32H37N7O2.C28H35N7O2/c1-4-30(40)39-15-14-38(19-24(39)18-33-2)31-27-12-13-37(29-11-7-9-23-8-5-6-10-26(23)29)21-28(27)34-32(35-31)42-22-25-20-36(3)16-17-41-25;1-4-30(40)39-18-17-38(20-25(39)19-33-2)31-27-14-16-37(29-13-7-10-23-9-5-6-12-26(23)29)21-28(27)34-32(35-31)41-22-24-11-8-15-36(24)3;1-3-26(36)32-15-17-33(18-16-32)27-23-11-14-34(25-10-4-7-21-8-6-13-35(21)25)19-24(23)29-28(30-27)37-20-22-9-5-12-31(22)2/h4-11,24-25H,1,12-22H2,3H3;4-7,9-10,12-13,24-25H,1,8,11,14-22H2,3H3;3-4,6-8,10,13,22H,1,5,9,11-12,14-20H2,2H3/t2*24-,25+;22-/m010/s1. The summed E-state index contributed by atoms with van der Waals surface area (Å²) in [6.45, 7) is 43.2. The number of piperazine rings is 3. The van der Waals surface area contributed by atoms with E-state index in [0.717, 1.165) is 137 Å². The predicted molar refractivity (Wildman–Crippen MR) is 468 cm³/mol. The van der Waals surface area contributed by atoms with E-state index >= 15 is 0 Å². The number of benzene rings is 4. The van der Waals surface area contributed by atoms with E-state index in [1.165, 1.54) is 80.9 Å². The Labute approximate surface area is 703 Å². The van der Waals surface area contributed by atoms with E-state index in [1.807, 2.05) is 4.90 Å². The summed E-state index contributed by atoms with van der Waals surface area (Å²) < 4.78 is 26.9. The number of carbonyl (C=O) groups is 3.